The number of benzene rings is 1. The maximum atomic E-state index is 10.9. The molecule has 0 saturated heterocycles. The molecule has 0 aliphatic carbocycles. The number of rotatable bonds is 2. The van der Waals surface area contributed by atoms with Gasteiger partial charge in [-0.1, -0.05) is 29.6 Å². The fraction of sp³-hybridized carbons (Fsp3) is 0.100. The molecule has 1 heterocycles. The summed E-state index contributed by atoms with van der Waals surface area (Å²) in [7, 11) is 0. The zero-order chi connectivity index (χ0) is 9.97. The third-order valence-corrected chi connectivity index (χ3v) is 2.59. The van der Waals surface area contributed by atoms with Crippen molar-refractivity contribution in [3.8, 4) is 0 Å². The van der Waals surface area contributed by atoms with Crippen molar-refractivity contribution in [2.75, 3.05) is 6.54 Å². The van der Waals surface area contributed by atoms with Crippen molar-refractivity contribution >= 4 is 27.7 Å². The standard InChI is InChI=1S/C10H9NO2S/c11-5-1-2-7-3-4-8-9(6-7)14-10(12)13-8/h1-4,6H,5,11H2/b2-1+. The van der Waals surface area contributed by atoms with Gasteiger partial charge < -0.3 is 10.2 Å². The molecule has 2 rings (SSSR count). The van der Waals surface area contributed by atoms with Crippen LogP contribution < -0.4 is 10.7 Å². The summed E-state index contributed by atoms with van der Waals surface area (Å²) >= 11 is 1.11. The van der Waals surface area contributed by atoms with E-state index in [1.165, 1.54) is 0 Å². The predicted octanol–water partition coefficient (Wildman–Crippen LogP) is 1.83. The highest BCUT2D eigenvalue weighted by molar-refractivity contribution is 7.16. The molecule has 2 N–H and O–H groups in total. The molecule has 0 saturated carbocycles. The zero-order valence-corrected chi connectivity index (χ0v) is 8.21. The zero-order valence-electron chi connectivity index (χ0n) is 7.40. The van der Waals surface area contributed by atoms with Gasteiger partial charge in [-0.25, -0.2) is 4.79 Å². The van der Waals surface area contributed by atoms with Gasteiger partial charge in [0.25, 0.3) is 0 Å². The van der Waals surface area contributed by atoms with E-state index in [1.807, 2.05) is 24.3 Å². The molecule has 14 heavy (non-hydrogen) atoms. The Morgan fingerprint density at radius 1 is 1.50 bits per heavy atom. The molecule has 2 aromatic rings. The van der Waals surface area contributed by atoms with Gasteiger partial charge in [-0.05, 0) is 17.7 Å². The van der Waals surface area contributed by atoms with Crippen LogP contribution in [-0.4, -0.2) is 6.54 Å². The monoisotopic (exact) mass is 207 g/mol. The largest absolute Gasteiger partial charge is 0.414 e. The summed E-state index contributed by atoms with van der Waals surface area (Å²) in [6.07, 6.45) is 3.79. The molecule has 0 spiro atoms. The lowest BCUT2D eigenvalue weighted by Gasteiger charge is -1.91. The number of fused-ring (bicyclic) bond motifs is 1. The molecule has 0 aliphatic rings. The lowest BCUT2D eigenvalue weighted by atomic mass is 10.2. The second kappa shape index (κ2) is 3.77. The van der Waals surface area contributed by atoms with Crippen molar-refractivity contribution in [1.29, 1.82) is 0 Å². The van der Waals surface area contributed by atoms with Crippen LogP contribution in [0.15, 0.2) is 33.5 Å². The quantitative estimate of drug-likeness (QED) is 0.817. The van der Waals surface area contributed by atoms with Crippen molar-refractivity contribution in [3.63, 3.8) is 0 Å². The van der Waals surface area contributed by atoms with Crippen LogP contribution in [0.3, 0.4) is 0 Å². The molecule has 0 aliphatic heterocycles. The van der Waals surface area contributed by atoms with Gasteiger partial charge >= 0.3 is 4.94 Å². The predicted molar refractivity (Wildman–Crippen MR) is 58.4 cm³/mol. The van der Waals surface area contributed by atoms with E-state index in [-0.39, 0.29) is 4.94 Å². The average Bonchev–Trinajstić information content (AvgIpc) is 2.54. The third-order valence-electron chi connectivity index (χ3n) is 1.80. The van der Waals surface area contributed by atoms with Crippen molar-refractivity contribution in [1.82, 2.24) is 0 Å². The Bertz CT molecular complexity index is 524. The number of hydrogen-bond donors (Lipinski definition) is 1. The molecular weight excluding hydrogens is 198 g/mol. The van der Waals surface area contributed by atoms with E-state index in [0.29, 0.717) is 12.1 Å². The molecule has 72 valence electrons. The molecule has 0 fully saturated rings. The van der Waals surface area contributed by atoms with Gasteiger partial charge in [0.1, 0.15) is 5.58 Å². The van der Waals surface area contributed by atoms with E-state index in [2.05, 4.69) is 0 Å². The molecular formula is C10H9NO2S. The van der Waals surface area contributed by atoms with Crippen molar-refractivity contribution in [2.24, 2.45) is 5.73 Å². The van der Waals surface area contributed by atoms with E-state index in [0.717, 1.165) is 21.6 Å². The molecule has 0 radical (unpaired) electrons. The molecule has 0 bridgehead atoms. The minimum Gasteiger partial charge on any atom is -0.414 e. The van der Waals surface area contributed by atoms with E-state index in [4.69, 9.17) is 10.2 Å². The van der Waals surface area contributed by atoms with E-state index in [1.54, 1.807) is 6.07 Å². The Balaban J connectivity index is 2.50. The van der Waals surface area contributed by atoms with Gasteiger partial charge in [-0.15, -0.1) is 0 Å². The van der Waals surface area contributed by atoms with Crippen LogP contribution in [0.1, 0.15) is 5.56 Å². The van der Waals surface area contributed by atoms with Crippen LogP contribution in [-0.2, 0) is 0 Å². The Kier molecular flexibility index (Phi) is 2.47. The maximum Gasteiger partial charge on any atom is 0.396 e. The van der Waals surface area contributed by atoms with Crippen LogP contribution in [0, 0.1) is 0 Å². The van der Waals surface area contributed by atoms with Gasteiger partial charge in [0, 0.05) is 6.54 Å². The first-order valence-corrected chi connectivity index (χ1v) is 5.01. The first kappa shape index (κ1) is 9.18. The summed E-state index contributed by atoms with van der Waals surface area (Å²) in [4.78, 5) is 10.7. The summed E-state index contributed by atoms with van der Waals surface area (Å²) in [5.74, 6) is 0. The third kappa shape index (κ3) is 1.76. The fourth-order valence-electron chi connectivity index (χ4n) is 1.20. The molecule has 1 aromatic heterocycles. The lowest BCUT2D eigenvalue weighted by molar-refractivity contribution is 0.585. The highest BCUT2D eigenvalue weighted by Gasteiger charge is 2.00. The van der Waals surface area contributed by atoms with E-state index >= 15 is 0 Å². The van der Waals surface area contributed by atoms with E-state index < -0.39 is 0 Å². The summed E-state index contributed by atoms with van der Waals surface area (Å²) in [5.41, 5.74) is 7.01. The minimum atomic E-state index is -0.264. The van der Waals surface area contributed by atoms with Crippen molar-refractivity contribution < 1.29 is 4.42 Å². The molecule has 1 aromatic carbocycles. The number of nitrogens with two attached hydrogens (primary N) is 1. The Labute approximate surface area is 84.5 Å². The van der Waals surface area contributed by atoms with Gasteiger partial charge in [0.05, 0.1) is 4.70 Å². The van der Waals surface area contributed by atoms with Gasteiger partial charge in [-0.2, -0.15) is 0 Å². The summed E-state index contributed by atoms with van der Waals surface area (Å²) in [6.45, 7) is 0.514. The summed E-state index contributed by atoms with van der Waals surface area (Å²) < 4.78 is 5.81. The number of hydrogen-bond acceptors (Lipinski definition) is 4. The van der Waals surface area contributed by atoms with Crippen LogP contribution in [0.2, 0.25) is 0 Å². The van der Waals surface area contributed by atoms with Crippen molar-refractivity contribution in [3.05, 3.63) is 39.6 Å². The SMILES string of the molecule is NC/C=C/c1ccc2oc(=O)sc2c1. The Hall–Kier alpha value is -1.39. The van der Waals surface area contributed by atoms with Crippen LogP contribution >= 0.6 is 11.3 Å². The van der Waals surface area contributed by atoms with Crippen LogP contribution in [0.5, 0.6) is 0 Å². The van der Waals surface area contributed by atoms with Gasteiger partial charge in [0.15, 0.2) is 0 Å². The normalized spacial score (nSPS) is 11.5. The molecule has 0 atom stereocenters. The van der Waals surface area contributed by atoms with E-state index in [9.17, 15) is 4.79 Å². The Morgan fingerprint density at radius 2 is 2.36 bits per heavy atom. The lowest BCUT2D eigenvalue weighted by Crippen LogP contribution is -1.91. The van der Waals surface area contributed by atoms with Gasteiger partial charge in [-0.3, -0.25) is 0 Å². The second-order valence-electron chi connectivity index (χ2n) is 2.80. The summed E-state index contributed by atoms with van der Waals surface area (Å²) in [6, 6.07) is 5.60. The van der Waals surface area contributed by atoms with Crippen LogP contribution in [0.25, 0.3) is 16.4 Å². The van der Waals surface area contributed by atoms with Gasteiger partial charge in [0.2, 0.25) is 0 Å². The Morgan fingerprint density at radius 3 is 3.14 bits per heavy atom. The first-order valence-electron chi connectivity index (χ1n) is 4.20. The maximum absolute atomic E-state index is 10.9. The fourth-order valence-corrected chi connectivity index (χ4v) is 1.91. The molecule has 4 heteroatoms. The van der Waals surface area contributed by atoms with Crippen LogP contribution in [0.4, 0.5) is 0 Å². The second-order valence-corrected chi connectivity index (χ2v) is 3.78. The highest BCUT2D eigenvalue weighted by atomic mass is 32.1. The average molecular weight is 207 g/mol. The molecule has 3 nitrogen and oxygen atoms in total. The smallest absolute Gasteiger partial charge is 0.396 e. The molecule has 0 amide bonds. The molecule has 0 unspecified atom stereocenters. The summed E-state index contributed by atoms with van der Waals surface area (Å²) in [5, 5.41) is 0. The van der Waals surface area contributed by atoms with Crippen molar-refractivity contribution in [2.45, 2.75) is 0 Å². The first-order chi connectivity index (χ1) is 6.79. The minimum absolute atomic E-state index is 0.264. The topological polar surface area (TPSA) is 56.2 Å². The highest BCUT2D eigenvalue weighted by Crippen LogP contribution is 2.18.